The van der Waals surface area contributed by atoms with Gasteiger partial charge < -0.3 is 4.42 Å². The second-order valence-electron chi connectivity index (χ2n) is 6.04. The van der Waals surface area contributed by atoms with Crippen LogP contribution in [0, 0.1) is 5.82 Å². The van der Waals surface area contributed by atoms with Gasteiger partial charge in [0.1, 0.15) is 17.3 Å². The van der Waals surface area contributed by atoms with E-state index in [1.165, 1.54) is 12.1 Å². The highest BCUT2D eigenvalue weighted by atomic mass is 35.5. The van der Waals surface area contributed by atoms with E-state index in [4.69, 9.17) is 16.0 Å². The normalized spacial score (nSPS) is 15.6. The standard InChI is InChI=1S/C21H13ClFNO3S/c22-16-7-3-2-6-15(16)18-10-9-14(27-18)11-19-20(25)24(21(26)28-19)12-13-5-1-4-8-17(13)23/h1-11H,12H2/b19-11-. The fourth-order valence-electron chi connectivity index (χ4n) is 2.80. The minimum Gasteiger partial charge on any atom is -0.457 e. The lowest BCUT2D eigenvalue weighted by Gasteiger charge is -2.12. The van der Waals surface area contributed by atoms with Crippen LogP contribution in [-0.2, 0) is 11.3 Å². The first-order valence-corrected chi connectivity index (χ1v) is 9.56. The summed E-state index contributed by atoms with van der Waals surface area (Å²) in [6, 6.07) is 16.7. The number of rotatable bonds is 4. The van der Waals surface area contributed by atoms with Gasteiger partial charge in [0, 0.05) is 17.2 Å². The highest BCUT2D eigenvalue weighted by Crippen LogP contribution is 2.35. The van der Waals surface area contributed by atoms with Gasteiger partial charge in [0.05, 0.1) is 16.5 Å². The van der Waals surface area contributed by atoms with Crippen LogP contribution in [0.3, 0.4) is 0 Å². The number of hydrogen-bond donors (Lipinski definition) is 0. The van der Waals surface area contributed by atoms with Crippen LogP contribution in [0.5, 0.6) is 0 Å². The molecule has 1 saturated heterocycles. The minimum absolute atomic E-state index is 0.113. The van der Waals surface area contributed by atoms with E-state index in [1.54, 1.807) is 36.4 Å². The van der Waals surface area contributed by atoms with E-state index in [9.17, 15) is 14.0 Å². The van der Waals surface area contributed by atoms with Crippen molar-refractivity contribution in [2.24, 2.45) is 0 Å². The summed E-state index contributed by atoms with van der Waals surface area (Å²) in [7, 11) is 0. The third-order valence-electron chi connectivity index (χ3n) is 4.20. The van der Waals surface area contributed by atoms with Gasteiger partial charge in [-0.1, -0.05) is 41.9 Å². The third kappa shape index (κ3) is 3.61. The zero-order valence-corrected chi connectivity index (χ0v) is 16.0. The number of furan rings is 1. The van der Waals surface area contributed by atoms with E-state index in [0.717, 1.165) is 22.2 Å². The summed E-state index contributed by atoms with van der Waals surface area (Å²) in [6.45, 7) is -0.113. The third-order valence-corrected chi connectivity index (χ3v) is 5.44. The van der Waals surface area contributed by atoms with Crippen LogP contribution in [0.4, 0.5) is 9.18 Å². The van der Waals surface area contributed by atoms with Gasteiger partial charge in [-0.25, -0.2) is 4.39 Å². The van der Waals surface area contributed by atoms with Gasteiger partial charge in [-0.05, 0) is 42.1 Å². The van der Waals surface area contributed by atoms with Gasteiger partial charge in [0.2, 0.25) is 0 Å². The van der Waals surface area contributed by atoms with Crippen molar-refractivity contribution >= 4 is 40.6 Å². The summed E-state index contributed by atoms with van der Waals surface area (Å²) < 4.78 is 19.6. The van der Waals surface area contributed by atoms with Crippen molar-refractivity contribution in [2.45, 2.75) is 6.54 Å². The zero-order valence-electron chi connectivity index (χ0n) is 14.4. The van der Waals surface area contributed by atoms with Crippen LogP contribution >= 0.6 is 23.4 Å². The van der Waals surface area contributed by atoms with E-state index in [1.807, 2.05) is 18.2 Å². The lowest BCUT2D eigenvalue weighted by atomic mass is 10.2. The number of hydrogen-bond acceptors (Lipinski definition) is 4. The molecule has 2 heterocycles. The first-order valence-electron chi connectivity index (χ1n) is 8.36. The summed E-state index contributed by atoms with van der Waals surface area (Å²) in [5.74, 6) is 0.0450. The lowest BCUT2D eigenvalue weighted by Crippen LogP contribution is -2.27. The molecule has 3 aromatic rings. The number of carbonyl (C=O) groups is 2. The summed E-state index contributed by atoms with van der Waals surface area (Å²) in [4.78, 5) is 26.1. The Labute approximate surface area is 169 Å². The summed E-state index contributed by atoms with van der Waals surface area (Å²) in [6.07, 6.45) is 1.51. The Hall–Kier alpha value is -2.83. The van der Waals surface area contributed by atoms with Gasteiger partial charge >= 0.3 is 0 Å². The molecular weight excluding hydrogens is 401 g/mol. The van der Waals surface area contributed by atoms with E-state index < -0.39 is 17.0 Å². The number of carbonyl (C=O) groups excluding carboxylic acids is 2. The Balaban J connectivity index is 1.56. The van der Waals surface area contributed by atoms with Crippen LogP contribution < -0.4 is 0 Å². The molecule has 0 N–H and O–H groups in total. The molecule has 2 amide bonds. The van der Waals surface area contributed by atoms with Crippen molar-refractivity contribution in [3.8, 4) is 11.3 Å². The molecular formula is C21H13ClFNO3S. The fourth-order valence-corrected chi connectivity index (χ4v) is 3.85. The molecule has 1 aromatic heterocycles. The van der Waals surface area contributed by atoms with Crippen molar-refractivity contribution in [1.82, 2.24) is 4.90 Å². The van der Waals surface area contributed by atoms with Crippen LogP contribution in [0.15, 0.2) is 70.0 Å². The first kappa shape index (κ1) is 18.5. The van der Waals surface area contributed by atoms with Crippen LogP contribution in [0.25, 0.3) is 17.4 Å². The number of amides is 2. The second kappa shape index (κ2) is 7.66. The minimum atomic E-state index is -0.478. The maximum Gasteiger partial charge on any atom is 0.293 e. The SMILES string of the molecule is O=C1S/C(=C\c2ccc(-c3ccccc3Cl)o2)C(=O)N1Cc1ccccc1F. The van der Waals surface area contributed by atoms with Crippen molar-refractivity contribution in [1.29, 1.82) is 0 Å². The number of benzene rings is 2. The molecule has 0 atom stereocenters. The maximum absolute atomic E-state index is 13.8. The predicted octanol–water partition coefficient (Wildman–Crippen LogP) is 5.98. The predicted molar refractivity (Wildman–Crippen MR) is 107 cm³/mol. The average Bonchev–Trinajstić information content (AvgIpc) is 3.24. The summed E-state index contributed by atoms with van der Waals surface area (Å²) in [5, 5.41) is 0.103. The molecule has 0 radical (unpaired) electrons. The number of nitrogens with zero attached hydrogens (tertiary/aromatic N) is 1. The first-order chi connectivity index (χ1) is 13.5. The Kier molecular flexibility index (Phi) is 5.07. The van der Waals surface area contributed by atoms with Gasteiger partial charge in [-0.2, -0.15) is 0 Å². The summed E-state index contributed by atoms with van der Waals surface area (Å²) in [5.41, 5.74) is 1.02. The molecule has 4 nitrogen and oxygen atoms in total. The molecule has 7 heteroatoms. The highest BCUT2D eigenvalue weighted by Gasteiger charge is 2.35. The number of thioether (sulfide) groups is 1. The van der Waals surface area contributed by atoms with Crippen LogP contribution in [-0.4, -0.2) is 16.0 Å². The van der Waals surface area contributed by atoms with Crippen molar-refractivity contribution in [3.05, 3.63) is 87.7 Å². The van der Waals surface area contributed by atoms with Crippen molar-refractivity contribution in [3.63, 3.8) is 0 Å². The van der Waals surface area contributed by atoms with Gasteiger partial charge in [0.25, 0.3) is 11.1 Å². The van der Waals surface area contributed by atoms with E-state index in [-0.39, 0.29) is 17.0 Å². The van der Waals surface area contributed by atoms with Gasteiger partial charge in [-0.3, -0.25) is 14.5 Å². The molecule has 0 unspecified atom stereocenters. The van der Waals surface area contributed by atoms with Crippen molar-refractivity contribution < 1.29 is 18.4 Å². The Morgan fingerprint density at radius 1 is 1.04 bits per heavy atom. The molecule has 2 aromatic carbocycles. The van der Waals surface area contributed by atoms with Crippen LogP contribution in [0.1, 0.15) is 11.3 Å². The largest absolute Gasteiger partial charge is 0.457 e. The molecule has 140 valence electrons. The molecule has 0 aliphatic carbocycles. The molecule has 28 heavy (non-hydrogen) atoms. The monoisotopic (exact) mass is 413 g/mol. The Morgan fingerprint density at radius 2 is 1.79 bits per heavy atom. The zero-order chi connectivity index (χ0) is 19.7. The van der Waals surface area contributed by atoms with E-state index in [2.05, 4.69) is 0 Å². The molecule has 4 rings (SSSR count). The molecule has 0 spiro atoms. The Morgan fingerprint density at radius 3 is 2.57 bits per heavy atom. The molecule has 1 fully saturated rings. The molecule has 1 aliphatic rings. The fraction of sp³-hybridized carbons (Fsp3) is 0.0476. The van der Waals surface area contributed by atoms with Crippen molar-refractivity contribution in [2.75, 3.05) is 0 Å². The molecule has 0 bridgehead atoms. The smallest absolute Gasteiger partial charge is 0.293 e. The summed E-state index contributed by atoms with van der Waals surface area (Å²) >= 11 is 6.97. The molecule has 1 aliphatic heterocycles. The van der Waals surface area contributed by atoms with Gasteiger partial charge in [0.15, 0.2) is 0 Å². The van der Waals surface area contributed by atoms with E-state index in [0.29, 0.717) is 16.5 Å². The topological polar surface area (TPSA) is 50.5 Å². The quantitative estimate of drug-likeness (QED) is 0.494. The number of halogens is 2. The highest BCUT2D eigenvalue weighted by molar-refractivity contribution is 8.18. The lowest BCUT2D eigenvalue weighted by molar-refractivity contribution is -0.123. The molecule has 0 saturated carbocycles. The maximum atomic E-state index is 13.8. The Bertz CT molecular complexity index is 1110. The van der Waals surface area contributed by atoms with Gasteiger partial charge in [-0.15, -0.1) is 0 Å². The number of imide groups is 1. The average molecular weight is 414 g/mol. The van der Waals surface area contributed by atoms with E-state index >= 15 is 0 Å². The second-order valence-corrected chi connectivity index (χ2v) is 7.44. The van der Waals surface area contributed by atoms with Crippen LogP contribution in [0.2, 0.25) is 5.02 Å².